The largest absolute Gasteiger partial charge is 0.481 e. The van der Waals surface area contributed by atoms with Gasteiger partial charge in [0.15, 0.2) is 0 Å². The Labute approximate surface area is 111 Å². The van der Waals surface area contributed by atoms with E-state index in [2.05, 4.69) is 37.9 Å². The topological polar surface area (TPSA) is 52.6 Å². The van der Waals surface area contributed by atoms with E-state index in [9.17, 15) is 4.79 Å². The molecule has 1 atom stereocenters. The molecule has 0 aromatic heterocycles. The van der Waals surface area contributed by atoms with Gasteiger partial charge in [-0.25, -0.2) is 0 Å². The molecule has 106 valence electrons. The maximum atomic E-state index is 10.8. The molecule has 4 heteroatoms. The molecule has 1 rings (SSSR count). The summed E-state index contributed by atoms with van der Waals surface area (Å²) in [5.74, 6) is -0.0868. The molecule has 0 aliphatic carbocycles. The van der Waals surface area contributed by atoms with Gasteiger partial charge in [0.25, 0.3) is 0 Å². The summed E-state index contributed by atoms with van der Waals surface area (Å²) < 4.78 is 0. The monoisotopic (exact) mass is 256 g/mol. The number of aliphatic carboxylic acids is 1. The lowest BCUT2D eigenvalue weighted by molar-refractivity contribution is -0.137. The average Bonchev–Trinajstić information content (AvgIpc) is 2.36. The van der Waals surface area contributed by atoms with Crippen LogP contribution in [0.15, 0.2) is 0 Å². The number of carbonyl (C=O) groups is 1. The first kappa shape index (κ1) is 15.4. The van der Waals surface area contributed by atoms with Gasteiger partial charge in [0, 0.05) is 31.1 Å². The van der Waals surface area contributed by atoms with E-state index in [-0.39, 0.29) is 12.0 Å². The molecule has 18 heavy (non-hydrogen) atoms. The fraction of sp³-hybridized carbons (Fsp3) is 0.929. The van der Waals surface area contributed by atoms with Crippen molar-refractivity contribution in [3.05, 3.63) is 0 Å². The van der Waals surface area contributed by atoms with Crippen LogP contribution in [0, 0.1) is 5.92 Å². The van der Waals surface area contributed by atoms with Crippen LogP contribution in [0.5, 0.6) is 0 Å². The fourth-order valence-electron chi connectivity index (χ4n) is 2.75. The second-order valence-electron chi connectivity index (χ2n) is 6.40. The Morgan fingerprint density at radius 3 is 2.72 bits per heavy atom. The molecule has 1 aliphatic heterocycles. The van der Waals surface area contributed by atoms with Gasteiger partial charge >= 0.3 is 5.97 Å². The number of carboxylic acids is 1. The van der Waals surface area contributed by atoms with E-state index in [4.69, 9.17) is 5.11 Å². The van der Waals surface area contributed by atoms with Gasteiger partial charge in [-0.15, -0.1) is 0 Å². The summed E-state index contributed by atoms with van der Waals surface area (Å²) in [6.07, 6.45) is 2.11. The van der Waals surface area contributed by atoms with Crippen LogP contribution in [0.3, 0.4) is 0 Å². The second-order valence-corrected chi connectivity index (χ2v) is 6.40. The first-order valence-corrected chi connectivity index (χ1v) is 7.02. The van der Waals surface area contributed by atoms with Crippen molar-refractivity contribution in [2.45, 2.75) is 58.5 Å². The van der Waals surface area contributed by atoms with Gasteiger partial charge in [-0.05, 0) is 39.2 Å². The Hall–Kier alpha value is -0.610. The SMILES string of the molecule is CC(C)CN1C(CCC(=O)O)CNCCC1(C)C. The second kappa shape index (κ2) is 6.53. The zero-order valence-corrected chi connectivity index (χ0v) is 12.2. The van der Waals surface area contributed by atoms with Crippen LogP contribution in [-0.4, -0.2) is 47.2 Å². The predicted molar refractivity (Wildman–Crippen MR) is 73.8 cm³/mol. The summed E-state index contributed by atoms with van der Waals surface area (Å²) in [6.45, 7) is 12.0. The zero-order valence-electron chi connectivity index (χ0n) is 12.2. The summed E-state index contributed by atoms with van der Waals surface area (Å²) >= 11 is 0. The summed E-state index contributed by atoms with van der Waals surface area (Å²) in [6, 6.07) is 0.334. The number of hydrogen-bond donors (Lipinski definition) is 2. The molecule has 0 bridgehead atoms. The van der Waals surface area contributed by atoms with Crippen LogP contribution in [-0.2, 0) is 4.79 Å². The molecule has 1 aliphatic rings. The molecule has 2 N–H and O–H groups in total. The van der Waals surface area contributed by atoms with E-state index >= 15 is 0 Å². The van der Waals surface area contributed by atoms with Crippen molar-refractivity contribution in [2.75, 3.05) is 19.6 Å². The lowest BCUT2D eigenvalue weighted by atomic mass is 9.94. The molecule has 1 fully saturated rings. The molecule has 1 unspecified atom stereocenters. The van der Waals surface area contributed by atoms with Crippen LogP contribution in [0.4, 0.5) is 0 Å². The highest BCUT2D eigenvalue weighted by Crippen LogP contribution is 2.26. The predicted octanol–water partition coefficient (Wildman–Crippen LogP) is 1.95. The molecule has 0 radical (unpaired) electrons. The molecule has 0 aromatic rings. The smallest absolute Gasteiger partial charge is 0.303 e. The van der Waals surface area contributed by atoms with E-state index in [0.717, 1.165) is 32.5 Å². The lowest BCUT2D eigenvalue weighted by Crippen LogP contribution is -2.52. The minimum atomic E-state index is -0.693. The van der Waals surface area contributed by atoms with E-state index in [1.165, 1.54) is 0 Å². The number of carboxylic acid groups (broad SMARTS) is 1. The highest BCUT2D eigenvalue weighted by atomic mass is 16.4. The van der Waals surface area contributed by atoms with Gasteiger partial charge in [-0.3, -0.25) is 9.69 Å². The number of hydrogen-bond acceptors (Lipinski definition) is 3. The molecule has 0 amide bonds. The third kappa shape index (κ3) is 4.58. The first-order chi connectivity index (χ1) is 8.33. The molecular weight excluding hydrogens is 228 g/mol. The fourth-order valence-corrected chi connectivity index (χ4v) is 2.75. The third-order valence-corrected chi connectivity index (χ3v) is 3.77. The Kier molecular flexibility index (Phi) is 5.60. The van der Waals surface area contributed by atoms with Gasteiger partial charge in [0.2, 0.25) is 0 Å². The Balaban J connectivity index is 2.76. The summed E-state index contributed by atoms with van der Waals surface area (Å²) in [4.78, 5) is 13.3. The molecule has 4 nitrogen and oxygen atoms in total. The van der Waals surface area contributed by atoms with E-state index in [1.807, 2.05) is 0 Å². The quantitative estimate of drug-likeness (QED) is 0.789. The first-order valence-electron chi connectivity index (χ1n) is 7.02. The number of nitrogens with one attached hydrogen (secondary N) is 1. The van der Waals surface area contributed by atoms with Crippen molar-refractivity contribution in [2.24, 2.45) is 5.92 Å². The van der Waals surface area contributed by atoms with Gasteiger partial charge in [-0.2, -0.15) is 0 Å². The minimum Gasteiger partial charge on any atom is -0.481 e. The van der Waals surface area contributed by atoms with Gasteiger partial charge in [-0.1, -0.05) is 13.8 Å². The van der Waals surface area contributed by atoms with E-state index in [0.29, 0.717) is 12.0 Å². The molecular formula is C14H28N2O2. The minimum absolute atomic E-state index is 0.150. The lowest BCUT2D eigenvalue weighted by Gasteiger charge is -2.43. The standard InChI is InChI=1S/C14H28N2O2/c1-11(2)10-16-12(5-6-13(17)18)9-15-8-7-14(16,3)4/h11-12,15H,5-10H2,1-4H3,(H,17,18). The number of rotatable bonds is 5. The average molecular weight is 256 g/mol. The Morgan fingerprint density at radius 1 is 1.50 bits per heavy atom. The molecule has 0 aromatic carbocycles. The summed E-state index contributed by atoms with van der Waals surface area (Å²) in [7, 11) is 0. The van der Waals surface area contributed by atoms with E-state index < -0.39 is 5.97 Å². The van der Waals surface area contributed by atoms with Crippen molar-refractivity contribution >= 4 is 5.97 Å². The Bertz CT molecular complexity index is 277. The Morgan fingerprint density at radius 2 is 2.17 bits per heavy atom. The van der Waals surface area contributed by atoms with Crippen LogP contribution in [0.2, 0.25) is 0 Å². The van der Waals surface area contributed by atoms with Crippen molar-refractivity contribution in [3.63, 3.8) is 0 Å². The van der Waals surface area contributed by atoms with Crippen LogP contribution in [0.25, 0.3) is 0 Å². The van der Waals surface area contributed by atoms with Crippen LogP contribution < -0.4 is 5.32 Å². The van der Waals surface area contributed by atoms with Crippen LogP contribution in [0.1, 0.15) is 47.0 Å². The summed E-state index contributed by atoms with van der Waals surface area (Å²) in [5, 5.41) is 12.3. The highest BCUT2D eigenvalue weighted by Gasteiger charge is 2.34. The van der Waals surface area contributed by atoms with Gasteiger partial charge < -0.3 is 10.4 Å². The number of nitrogens with zero attached hydrogens (tertiary/aromatic N) is 1. The molecule has 0 spiro atoms. The van der Waals surface area contributed by atoms with Crippen molar-refractivity contribution < 1.29 is 9.90 Å². The van der Waals surface area contributed by atoms with Crippen molar-refractivity contribution in [3.8, 4) is 0 Å². The van der Waals surface area contributed by atoms with Crippen molar-refractivity contribution in [1.82, 2.24) is 10.2 Å². The molecule has 0 saturated carbocycles. The third-order valence-electron chi connectivity index (χ3n) is 3.77. The van der Waals surface area contributed by atoms with Crippen molar-refractivity contribution in [1.29, 1.82) is 0 Å². The summed E-state index contributed by atoms with van der Waals surface area (Å²) in [5.41, 5.74) is 0.150. The highest BCUT2D eigenvalue weighted by molar-refractivity contribution is 5.66. The maximum Gasteiger partial charge on any atom is 0.303 e. The van der Waals surface area contributed by atoms with E-state index in [1.54, 1.807) is 0 Å². The van der Waals surface area contributed by atoms with Crippen LogP contribution >= 0.6 is 0 Å². The van der Waals surface area contributed by atoms with Gasteiger partial charge in [0.1, 0.15) is 0 Å². The molecule has 1 heterocycles. The normalized spacial score (nSPS) is 25.1. The zero-order chi connectivity index (χ0) is 13.8. The maximum absolute atomic E-state index is 10.8. The van der Waals surface area contributed by atoms with Gasteiger partial charge in [0.05, 0.1) is 0 Å². The molecule has 1 saturated heterocycles.